The molecular formula is C52H77ClN4O12S. The molecule has 390 valence electrons. The van der Waals surface area contributed by atoms with Crippen LogP contribution in [0, 0.1) is 17.3 Å². The number of methoxy groups -OCH3 is 1. The molecule has 16 nitrogen and oxygen atoms in total. The molecule has 0 radical (unpaired) electrons. The van der Waals surface area contributed by atoms with E-state index in [9.17, 15) is 24.0 Å². The summed E-state index contributed by atoms with van der Waals surface area (Å²) < 4.78 is 40.2. The van der Waals surface area contributed by atoms with Crippen molar-refractivity contribution in [1.29, 1.82) is 0 Å². The average Bonchev–Trinajstić information content (AvgIpc) is 4.10. The number of halogens is 1. The molecule has 3 N–H and O–H groups in total. The van der Waals surface area contributed by atoms with Crippen LogP contribution in [0.15, 0.2) is 54.6 Å². The normalized spacial score (nSPS) is 22.2. The van der Waals surface area contributed by atoms with Gasteiger partial charge in [-0.3, -0.25) is 24.1 Å². The summed E-state index contributed by atoms with van der Waals surface area (Å²) in [5.74, 6) is -2.25. The first-order valence-electron chi connectivity index (χ1n) is 24.3. The summed E-state index contributed by atoms with van der Waals surface area (Å²) in [5, 5.41) is 8.79. The van der Waals surface area contributed by atoms with Crippen molar-refractivity contribution in [3.8, 4) is 5.75 Å². The highest BCUT2D eigenvalue weighted by molar-refractivity contribution is 7.81. The number of thiol groups is 1. The van der Waals surface area contributed by atoms with Crippen molar-refractivity contribution in [2.75, 3.05) is 73.4 Å². The molecule has 1 unspecified atom stereocenters. The monoisotopic (exact) mass is 1020 g/mol. The Bertz CT molecular complexity index is 2030. The first-order chi connectivity index (χ1) is 33.1. The molecular weight excluding hydrogens is 940 g/mol. The molecule has 1 fully saturated rings. The van der Waals surface area contributed by atoms with E-state index in [0.717, 1.165) is 24.2 Å². The van der Waals surface area contributed by atoms with Crippen LogP contribution in [-0.2, 0) is 65.4 Å². The molecule has 6 atom stereocenters. The van der Waals surface area contributed by atoms with Gasteiger partial charge < -0.3 is 49.1 Å². The zero-order valence-corrected chi connectivity index (χ0v) is 44.2. The molecule has 0 bridgehead atoms. The molecule has 70 heavy (non-hydrogen) atoms. The van der Waals surface area contributed by atoms with E-state index in [0.29, 0.717) is 75.4 Å². The van der Waals surface area contributed by atoms with Gasteiger partial charge in [-0.05, 0) is 74.6 Å². The Morgan fingerprint density at radius 1 is 0.957 bits per heavy atom. The van der Waals surface area contributed by atoms with Crippen LogP contribution in [0.25, 0.3) is 0 Å². The summed E-state index contributed by atoms with van der Waals surface area (Å²) in [4.78, 5) is 68.6. The summed E-state index contributed by atoms with van der Waals surface area (Å²) in [6.07, 6.45) is 2.13. The first-order valence-corrected chi connectivity index (χ1v) is 25.1. The number of nitrogens with zero attached hydrogens (tertiary/aromatic N) is 1. The number of carbonyl (C=O) groups excluding carboxylic acids is 5. The van der Waals surface area contributed by atoms with Crippen LogP contribution in [0.3, 0.4) is 0 Å². The number of rotatable bonds is 25. The lowest BCUT2D eigenvalue weighted by molar-refractivity contribution is -0.179. The molecule has 2 aromatic carbocycles. The highest BCUT2D eigenvalue weighted by Gasteiger charge is 2.48. The number of epoxide rings is 1. The maximum absolute atomic E-state index is 13.9. The third-order valence-corrected chi connectivity index (χ3v) is 12.5. The molecule has 2 heterocycles. The number of cyclic esters (lactones) is 2. The Hall–Kier alpha value is -4.23. The van der Waals surface area contributed by atoms with Crippen LogP contribution in [0.5, 0.6) is 5.75 Å². The smallest absolute Gasteiger partial charge is 0.347 e. The fourth-order valence-corrected chi connectivity index (χ4v) is 7.95. The molecule has 4 rings (SSSR count). The number of likely N-dealkylation sites (N-methyl/N-ethyl adjacent to an activating group) is 1. The van der Waals surface area contributed by atoms with Gasteiger partial charge >= 0.3 is 11.9 Å². The zero-order valence-electron chi connectivity index (χ0n) is 42.5. The van der Waals surface area contributed by atoms with Crippen LogP contribution in [0.4, 0.5) is 0 Å². The summed E-state index contributed by atoms with van der Waals surface area (Å²) in [6.45, 7) is 17.6. The van der Waals surface area contributed by atoms with Gasteiger partial charge in [0, 0.05) is 56.1 Å². The third-order valence-electron chi connectivity index (χ3n) is 11.9. The molecule has 2 aliphatic heterocycles. The van der Waals surface area contributed by atoms with Crippen molar-refractivity contribution < 1.29 is 57.1 Å². The number of hydrogen-bond donors (Lipinski definition) is 4. The van der Waals surface area contributed by atoms with Gasteiger partial charge in [-0.2, -0.15) is 12.6 Å². The molecule has 2 aromatic rings. The van der Waals surface area contributed by atoms with Gasteiger partial charge in [0.1, 0.15) is 24.0 Å². The summed E-state index contributed by atoms with van der Waals surface area (Å²) >= 11 is 10.8. The van der Waals surface area contributed by atoms with Crippen molar-refractivity contribution in [1.82, 2.24) is 20.9 Å². The van der Waals surface area contributed by atoms with Gasteiger partial charge in [-0.25, -0.2) is 4.79 Å². The van der Waals surface area contributed by atoms with E-state index in [1.807, 2.05) is 53.8 Å². The van der Waals surface area contributed by atoms with Gasteiger partial charge in [-0.1, -0.05) is 82.6 Å². The van der Waals surface area contributed by atoms with Crippen LogP contribution in [0.2, 0.25) is 5.02 Å². The van der Waals surface area contributed by atoms with E-state index < -0.39 is 47.4 Å². The minimum atomic E-state index is -1.23. The fraction of sp³-hybridized carbons (Fsp3) is 0.635. The van der Waals surface area contributed by atoms with Crippen LogP contribution in [-0.4, -0.2) is 137 Å². The number of benzene rings is 2. The number of hydrogen-bond acceptors (Lipinski definition) is 14. The molecule has 0 spiro atoms. The van der Waals surface area contributed by atoms with Crippen molar-refractivity contribution in [3.05, 3.63) is 76.3 Å². The summed E-state index contributed by atoms with van der Waals surface area (Å²) in [5.41, 5.74) is 1.56. The largest absolute Gasteiger partial charge is 0.495 e. The lowest BCUT2D eigenvalue weighted by atomic mass is 9.92. The quantitative estimate of drug-likeness (QED) is 0.0380. The van der Waals surface area contributed by atoms with E-state index in [2.05, 4.69) is 45.6 Å². The highest BCUT2D eigenvalue weighted by Crippen LogP contribution is 2.45. The van der Waals surface area contributed by atoms with Gasteiger partial charge in [0.2, 0.25) is 17.7 Å². The lowest BCUT2D eigenvalue weighted by Crippen LogP contribution is -2.51. The number of ether oxygens (including phenoxy) is 7. The maximum Gasteiger partial charge on any atom is 0.347 e. The molecule has 0 aliphatic carbocycles. The van der Waals surface area contributed by atoms with E-state index in [-0.39, 0.29) is 60.5 Å². The van der Waals surface area contributed by atoms with Crippen LogP contribution >= 0.6 is 24.2 Å². The number of nitrogens with one attached hydrogen (secondary N) is 3. The minimum absolute atomic E-state index is 0.000458. The minimum Gasteiger partial charge on any atom is -0.495 e. The second-order valence-electron chi connectivity index (χ2n) is 19.8. The van der Waals surface area contributed by atoms with Crippen molar-refractivity contribution in [3.63, 3.8) is 0 Å². The number of amides is 3. The molecule has 0 aromatic heterocycles. The van der Waals surface area contributed by atoms with Gasteiger partial charge in [-0.15, -0.1) is 0 Å². The molecule has 1 saturated heterocycles. The average molecular weight is 1020 g/mol. The molecule has 18 heteroatoms. The van der Waals surface area contributed by atoms with E-state index in [1.54, 1.807) is 38.1 Å². The predicted molar refractivity (Wildman–Crippen MR) is 271 cm³/mol. The standard InChI is InChI=1S/C52H77ClN4O12S/c1-34(2)29-43-49(61)67-41(11-10-12-45(59)56-40(31-37-15-18-42(63-9)39(53)30-37)48(60)55-33-51(4,5)50(62)68-43)35(3)46-47(69-46)38-16-13-36(14-17-38)32-57(8)22-24-65-26-28-66-27-25-64-23-21-54-44(58)19-20-52(6,7)70/h10,12-18,30,34-35,40-41,43,46-47,70H,11,19-29,31-33H2,1-9H3,(H,54,58)(H,55,60)(H,56,59)/b12-10+/t35-,40+,41-,43-,46?,47+/m0/s1. The number of esters is 2. The Morgan fingerprint density at radius 2 is 1.61 bits per heavy atom. The van der Waals surface area contributed by atoms with Crippen molar-refractivity contribution >= 4 is 53.9 Å². The Labute approximate surface area is 425 Å². The molecule has 3 amide bonds. The van der Waals surface area contributed by atoms with E-state index >= 15 is 0 Å². The lowest BCUT2D eigenvalue weighted by Gasteiger charge is -2.29. The van der Waals surface area contributed by atoms with Crippen molar-refractivity contribution in [2.24, 2.45) is 17.3 Å². The topological polar surface area (TPSA) is 193 Å². The Kier molecular flexibility index (Phi) is 23.9. The second kappa shape index (κ2) is 28.7. The summed E-state index contributed by atoms with van der Waals surface area (Å²) in [7, 11) is 3.54. The Morgan fingerprint density at radius 3 is 2.26 bits per heavy atom. The maximum atomic E-state index is 13.9. The van der Waals surface area contributed by atoms with Crippen LogP contribution in [0.1, 0.15) is 96.9 Å². The SMILES string of the molecule is COc1ccc(C[C@H]2NC(=O)/C=C/C[C@@H]([C@H](C)C3O[C@@H]3c3ccc(CN(C)CCOCCOCCOCCNC(=O)CCC(C)(C)S)cc3)OC(=O)[C@H](CC(C)C)OC(=O)C(C)(C)CNC2=O)cc1Cl. The van der Waals surface area contributed by atoms with Gasteiger partial charge in [0.05, 0.1) is 63.3 Å². The first kappa shape index (κ1) is 58.3. The van der Waals surface area contributed by atoms with E-state index in [1.165, 1.54) is 13.2 Å². The van der Waals surface area contributed by atoms with Gasteiger partial charge in [0.25, 0.3) is 0 Å². The van der Waals surface area contributed by atoms with Crippen molar-refractivity contribution in [2.45, 2.75) is 122 Å². The zero-order chi connectivity index (χ0) is 51.4. The van der Waals surface area contributed by atoms with E-state index in [4.69, 9.17) is 44.8 Å². The fourth-order valence-electron chi connectivity index (χ4n) is 7.56. The number of carbonyl (C=O) groups is 5. The molecule has 2 aliphatic rings. The van der Waals surface area contributed by atoms with Gasteiger partial charge in [0.15, 0.2) is 6.10 Å². The highest BCUT2D eigenvalue weighted by atomic mass is 35.5. The molecule has 0 saturated carbocycles. The predicted octanol–water partition coefficient (Wildman–Crippen LogP) is 6.21. The van der Waals surface area contributed by atoms with Crippen LogP contribution < -0.4 is 20.7 Å². The summed E-state index contributed by atoms with van der Waals surface area (Å²) in [6, 6.07) is 12.3. The Balaban J connectivity index is 1.28. The third kappa shape index (κ3) is 20.9. The second-order valence-corrected chi connectivity index (χ2v) is 21.4.